The van der Waals surface area contributed by atoms with Crippen LogP contribution in [0.1, 0.15) is 32.4 Å². The van der Waals surface area contributed by atoms with Crippen LogP contribution in [0.25, 0.3) is 5.78 Å². The zero-order valence-corrected chi connectivity index (χ0v) is 16.5. The van der Waals surface area contributed by atoms with Gasteiger partial charge in [0, 0.05) is 28.9 Å². The molecule has 0 bridgehead atoms. The maximum absolute atomic E-state index is 13.3. The molecule has 0 aliphatic carbocycles. The molecule has 0 saturated heterocycles. The summed E-state index contributed by atoms with van der Waals surface area (Å²) in [6.07, 6.45) is 2.19. The molecule has 142 valence electrons. The zero-order valence-electron chi connectivity index (χ0n) is 14.9. The Morgan fingerprint density at radius 3 is 2.89 bits per heavy atom. The number of hydrogen-bond acceptors (Lipinski definition) is 6. The summed E-state index contributed by atoms with van der Waals surface area (Å²) in [5, 5.41) is 7.40. The van der Waals surface area contributed by atoms with Crippen LogP contribution in [0.15, 0.2) is 30.5 Å². The van der Waals surface area contributed by atoms with E-state index in [-0.39, 0.29) is 10.8 Å². The van der Waals surface area contributed by atoms with Gasteiger partial charge in [0.05, 0.1) is 5.02 Å². The fourth-order valence-electron chi connectivity index (χ4n) is 2.71. The molecule has 4 aromatic rings. The van der Waals surface area contributed by atoms with Crippen molar-refractivity contribution in [1.82, 2.24) is 24.6 Å². The SMILES string of the molecule is Cc1cc(C)n2nc(C(=O)Nc3ncc(Cc4ccc(F)c(Cl)c4)s3)nc2n1. The monoisotopic (exact) mass is 416 g/mol. The fraction of sp³-hybridized carbons (Fsp3) is 0.167. The lowest BCUT2D eigenvalue weighted by atomic mass is 10.1. The third-order valence-electron chi connectivity index (χ3n) is 3.96. The van der Waals surface area contributed by atoms with Crippen LogP contribution in [0.4, 0.5) is 9.52 Å². The lowest BCUT2D eigenvalue weighted by Crippen LogP contribution is -2.13. The highest BCUT2D eigenvalue weighted by atomic mass is 35.5. The van der Waals surface area contributed by atoms with Gasteiger partial charge in [0.15, 0.2) is 5.13 Å². The van der Waals surface area contributed by atoms with Gasteiger partial charge in [-0.2, -0.15) is 4.98 Å². The second-order valence-corrected chi connectivity index (χ2v) is 7.72. The van der Waals surface area contributed by atoms with Gasteiger partial charge in [-0.05, 0) is 37.6 Å². The van der Waals surface area contributed by atoms with Gasteiger partial charge >= 0.3 is 0 Å². The Hall–Kier alpha value is -2.91. The number of aryl methyl sites for hydroxylation is 2. The maximum Gasteiger partial charge on any atom is 0.297 e. The normalized spacial score (nSPS) is 11.1. The van der Waals surface area contributed by atoms with E-state index in [0.717, 1.165) is 21.8 Å². The second kappa shape index (κ2) is 7.25. The molecule has 0 fully saturated rings. The number of aromatic nitrogens is 5. The number of anilines is 1. The Labute approximate surface area is 168 Å². The molecule has 3 aromatic heterocycles. The Kier molecular flexibility index (Phi) is 4.78. The minimum atomic E-state index is -0.465. The van der Waals surface area contributed by atoms with E-state index < -0.39 is 11.7 Å². The van der Waals surface area contributed by atoms with E-state index in [1.54, 1.807) is 18.3 Å². The number of benzene rings is 1. The number of hydrogen-bond donors (Lipinski definition) is 1. The van der Waals surface area contributed by atoms with Crippen molar-refractivity contribution in [2.24, 2.45) is 0 Å². The summed E-state index contributed by atoms with van der Waals surface area (Å²) in [4.78, 5) is 26.0. The van der Waals surface area contributed by atoms with Crippen LogP contribution >= 0.6 is 22.9 Å². The standard InChI is InChI=1S/C18H14ClFN6OS/c1-9-5-10(2)26-17(22-9)23-15(25-26)16(27)24-18-21-8-12(28-18)6-11-3-4-14(20)13(19)7-11/h3-5,7-8H,6H2,1-2H3,(H,21,24,27). The van der Waals surface area contributed by atoms with Gasteiger partial charge in [0.1, 0.15) is 5.82 Å². The lowest BCUT2D eigenvalue weighted by Gasteiger charge is -2.00. The Morgan fingerprint density at radius 2 is 2.11 bits per heavy atom. The molecule has 1 aromatic carbocycles. The summed E-state index contributed by atoms with van der Waals surface area (Å²) in [6.45, 7) is 3.72. The van der Waals surface area contributed by atoms with Gasteiger partial charge < -0.3 is 0 Å². The van der Waals surface area contributed by atoms with Crippen LogP contribution in [0, 0.1) is 19.7 Å². The van der Waals surface area contributed by atoms with Crippen molar-refractivity contribution in [2.75, 3.05) is 5.32 Å². The van der Waals surface area contributed by atoms with Crippen LogP contribution in [0.5, 0.6) is 0 Å². The first kappa shape index (κ1) is 18.5. The van der Waals surface area contributed by atoms with Crippen molar-refractivity contribution in [3.05, 3.63) is 69.0 Å². The molecular formula is C18H14ClFN6OS. The van der Waals surface area contributed by atoms with Gasteiger partial charge in [0.25, 0.3) is 11.7 Å². The van der Waals surface area contributed by atoms with Crippen molar-refractivity contribution >= 4 is 39.8 Å². The van der Waals surface area contributed by atoms with E-state index >= 15 is 0 Å². The topological polar surface area (TPSA) is 85.1 Å². The number of nitrogens with zero attached hydrogens (tertiary/aromatic N) is 5. The van der Waals surface area contributed by atoms with E-state index in [1.807, 2.05) is 19.9 Å². The molecule has 0 unspecified atom stereocenters. The van der Waals surface area contributed by atoms with E-state index in [0.29, 0.717) is 17.3 Å². The first-order valence-corrected chi connectivity index (χ1v) is 9.49. The first-order chi connectivity index (χ1) is 13.4. The van der Waals surface area contributed by atoms with Crippen molar-refractivity contribution in [3.63, 3.8) is 0 Å². The average molecular weight is 417 g/mol. The third kappa shape index (κ3) is 3.71. The largest absolute Gasteiger partial charge is 0.297 e. The summed E-state index contributed by atoms with van der Waals surface area (Å²) in [5.41, 5.74) is 2.49. The van der Waals surface area contributed by atoms with Gasteiger partial charge in [-0.25, -0.2) is 18.9 Å². The summed E-state index contributed by atoms with van der Waals surface area (Å²) >= 11 is 7.13. The summed E-state index contributed by atoms with van der Waals surface area (Å²) in [6, 6.07) is 6.43. The summed E-state index contributed by atoms with van der Waals surface area (Å²) in [5.74, 6) is -0.533. The first-order valence-electron chi connectivity index (χ1n) is 8.30. The summed E-state index contributed by atoms with van der Waals surface area (Å²) in [7, 11) is 0. The average Bonchev–Trinajstić information content (AvgIpc) is 3.25. The molecule has 4 rings (SSSR count). The van der Waals surface area contributed by atoms with E-state index in [1.165, 1.54) is 21.9 Å². The van der Waals surface area contributed by atoms with Gasteiger partial charge in [-0.1, -0.05) is 17.7 Å². The highest BCUT2D eigenvalue weighted by Crippen LogP contribution is 2.24. The number of halogens is 2. The van der Waals surface area contributed by atoms with E-state index in [2.05, 4.69) is 25.4 Å². The number of carbonyl (C=O) groups is 1. The maximum atomic E-state index is 13.3. The molecule has 0 spiro atoms. The molecule has 1 amide bonds. The van der Waals surface area contributed by atoms with Crippen molar-refractivity contribution in [3.8, 4) is 0 Å². The van der Waals surface area contributed by atoms with Gasteiger partial charge in [0.2, 0.25) is 5.82 Å². The van der Waals surface area contributed by atoms with Crippen LogP contribution < -0.4 is 5.32 Å². The number of amides is 1. The minimum absolute atomic E-state index is 0.0169. The van der Waals surface area contributed by atoms with Crippen LogP contribution in [0.2, 0.25) is 5.02 Å². The van der Waals surface area contributed by atoms with E-state index in [4.69, 9.17) is 11.6 Å². The van der Waals surface area contributed by atoms with Gasteiger partial charge in [-0.3, -0.25) is 10.1 Å². The molecule has 10 heteroatoms. The molecule has 3 heterocycles. The number of nitrogens with one attached hydrogen (secondary N) is 1. The predicted octanol–water partition coefficient (Wildman–Crippen LogP) is 3.83. The van der Waals surface area contributed by atoms with Gasteiger partial charge in [-0.15, -0.1) is 16.4 Å². The number of thiazole rings is 1. The molecule has 1 N–H and O–H groups in total. The number of fused-ring (bicyclic) bond motifs is 1. The molecule has 0 atom stereocenters. The third-order valence-corrected chi connectivity index (χ3v) is 5.16. The smallest absolute Gasteiger partial charge is 0.295 e. The molecule has 28 heavy (non-hydrogen) atoms. The van der Waals surface area contributed by atoms with Crippen molar-refractivity contribution < 1.29 is 9.18 Å². The number of carbonyl (C=O) groups excluding carboxylic acids is 1. The minimum Gasteiger partial charge on any atom is -0.295 e. The molecule has 0 radical (unpaired) electrons. The lowest BCUT2D eigenvalue weighted by molar-refractivity contribution is 0.101. The van der Waals surface area contributed by atoms with Crippen LogP contribution in [-0.2, 0) is 6.42 Å². The van der Waals surface area contributed by atoms with Crippen LogP contribution in [0.3, 0.4) is 0 Å². The van der Waals surface area contributed by atoms with Crippen molar-refractivity contribution in [2.45, 2.75) is 20.3 Å². The molecule has 0 aliphatic rings. The van der Waals surface area contributed by atoms with Crippen LogP contribution in [-0.4, -0.2) is 30.5 Å². The quantitative estimate of drug-likeness (QED) is 0.546. The molecule has 7 nitrogen and oxygen atoms in total. The number of rotatable bonds is 4. The van der Waals surface area contributed by atoms with E-state index in [9.17, 15) is 9.18 Å². The second-order valence-electron chi connectivity index (χ2n) is 6.20. The predicted molar refractivity (Wildman–Crippen MR) is 105 cm³/mol. The highest BCUT2D eigenvalue weighted by Gasteiger charge is 2.17. The van der Waals surface area contributed by atoms with Crippen molar-refractivity contribution in [1.29, 1.82) is 0 Å². The molecule has 0 aliphatic heterocycles. The molecular weight excluding hydrogens is 403 g/mol. The highest BCUT2D eigenvalue weighted by molar-refractivity contribution is 7.15. The Bertz CT molecular complexity index is 1200. The summed E-state index contributed by atoms with van der Waals surface area (Å²) < 4.78 is 14.8. The Morgan fingerprint density at radius 1 is 1.29 bits per heavy atom. The fourth-order valence-corrected chi connectivity index (χ4v) is 3.76. The molecule has 0 saturated carbocycles. The zero-order chi connectivity index (χ0) is 19.8. The Balaban J connectivity index is 1.49.